The lowest BCUT2D eigenvalue weighted by molar-refractivity contribution is 0.379. The molecule has 0 aliphatic rings. The Kier molecular flexibility index (Phi) is 6.13. The van der Waals surface area contributed by atoms with Crippen LogP contribution in [0, 0.1) is 0 Å². The Morgan fingerprint density at radius 1 is 1.00 bits per heavy atom. The normalized spacial score (nSPS) is 10.8. The molecule has 46 valence electrons. The van der Waals surface area contributed by atoms with Crippen molar-refractivity contribution in [2.75, 3.05) is 0 Å². The van der Waals surface area contributed by atoms with E-state index in [1.165, 1.54) is 0 Å². The molecule has 8 heavy (non-hydrogen) atoms. The topological polar surface area (TPSA) is 43.2 Å². The molecule has 0 amide bonds. The molecular weight excluding hydrogens is 155 g/mol. The molecule has 0 aromatic rings. The van der Waals surface area contributed by atoms with E-state index in [0.717, 1.165) is 12.4 Å². The highest BCUT2D eigenvalue weighted by Crippen LogP contribution is 1.77. The first-order valence-corrected chi connectivity index (χ1v) is 2.14. The molecular formula is C2H2Cl2N2O2. The van der Waals surface area contributed by atoms with Crippen molar-refractivity contribution in [2.24, 2.45) is 10.3 Å². The monoisotopic (exact) mass is 156 g/mol. The van der Waals surface area contributed by atoms with Crippen LogP contribution in [0.3, 0.4) is 0 Å². The first-order chi connectivity index (χ1) is 3.91. The molecule has 0 N–H and O–H groups in total. The summed E-state index contributed by atoms with van der Waals surface area (Å²) in [5.41, 5.74) is 0. The molecule has 0 radical (unpaired) electrons. The van der Waals surface area contributed by atoms with Crippen LogP contribution in [-0.2, 0) is 8.78 Å². The lowest BCUT2D eigenvalue weighted by Gasteiger charge is -1.74. The van der Waals surface area contributed by atoms with Gasteiger partial charge in [0, 0.05) is 0 Å². The van der Waals surface area contributed by atoms with E-state index in [9.17, 15) is 0 Å². The zero-order chi connectivity index (χ0) is 6.24. The van der Waals surface area contributed by atoms with E-state index in [0.29, 0.717) is 0 Å². The summed E-state index contributed by atoms with van der Waals surface area (Å²) in [5, 5.41) is 6.12. The molecule has 0 atom stereocenters. The van der Waals surface area contributed by atoms with Crippen LogP contribution in [0.4, 0.5) is 0 Å². The van der Waals surface area contributed by atoms with Crippen molar-refractivity contribution in [3.63, 3.8) is 0 Å². The molecule has 0 aliphatic carbocycles. The number of hydrogen-bond acceptors (Lipinski definition) is 4. The first kappa shape index (κ1) is 7.52. The standard InChI is InChI=1S/C2H2Cl2N2O2/c3-7-5-1-2-6-8-4/h1-2H. The second-order valence-corrected chi connectivity index (χ2v) is 0.923. The minimum atomic E-state index is 1.16. The fraction of sp³-hybridized carbons (Fsp3) is 0. The number of nitrogens with zero attached hydrogens (tertiary/aromatic N) is 2. The quantitative estimate of drug-likeness (QED) is 0.457. The smallest absolute Gasteiger partial charge is 0.167 e. The third-order valence-corrected chi connectivity index (χ3v) is 0.427. The van der Waals surface area contributed by atoms with Crippen molar-refractivity contribution >= 4 is 36.2 Å². The summed E-state index contributed by atoms with van der Waals surface area (Å²) in [6, 6.07) is 0. The Labute approximate surface area is 56.0 Å². The van der Waals surface area contributed by atoms with Gasteiger partial charge in [-0.2, -0.15) is 0 Å². The first-order valence-electron chi connectivity index (χ1n) is 1.52. The minimum absolute atomic E-state index is 1.16. The SMILES string of the molecule is ClON=CC=NOCl. The number of halogens is 2. The average molecular weight is 157 g/mol. The van der Waals surface area contributed by atoms with Crippen molar-refractivity contribution in [3.8, 4) is 0 Å². The fourth-order valence-electron chi connectivity index (χ4n) is 0.100. The van der Waals surface area contributed by atoms with Gasteiger partial charge in [-0.15, -0.1) is 0 Å². The molecule has 0 saturated carbocycles. The van der Waals surface area contributed by atoms with E-state index in [1.54, 1.807) is 0 Å². The lowest BCUT2D eigenvalue weighted by Crippen LogP contribution is -1.73. The third-order valence-electron chi connectivity index (χ3n) is 0.268. The van der Waals surface area contributed by atoms with Gasteiger partial charge in [-0.05, 0) is 0 Å². The highest BCUT2D eigenvalue weighted by molar-refractivity contribution is 6.17. The summed E-state index contributed by atoms with van der Waals surface area (Å²) in [6.45, 7) is 0. The second-order valence-electron chi connectivity index (χ2n) is 0.647. The fourth-order valence-corrected chi connectivity index (χ4v) is 0.192. The largest absolute Gasteiger partial charge is 0.277 e. The summed E-state index contributed by atoms with van der Waals surface area (Å²) < 4.78 is 7.48. The lowest BCUT2D eigenvalue weighted by atomic mass is 10.8. The zero-order valence-electron chi connectivity index (χ0n) is 3.62. The van der Waals surface area contributed by atoms with Gasteiger partial charge < -0.3 is 0 Å². The maximum absolute atomic E-state index is 4.65. The van der Waals surface area contributed by atoms with Gasteiger partial charge >= 0.3 is 0 Å². The van der Waals surface area contributed by atoms with Crippen molar-refractivity contribution < 1.29 is 8.78 Å². The Morgan fingerprint density at radius 2 is 1.38 bits per heavy atom. The van der Waals surface area contributed by atoms with E-state index in [-0.39, 0.29) is 0 Å². The van der Waals surface area contributed by atoms with Crippen LogP contribution in [0.5, 0.6) is 0 Å². The Hall–Kier alpha value is -0.480. The molecule has 0 spiro atoms. The summed E-state index contributed by atoms with van der Waals surface area (Å²) in [6.07, 6.45) is 2.32. The summed E-state index contributed by atoms with van der Waals surface area (Å²) in [5.74, 6) is 0. The molecule has 0 fully saturated rings. The van der Waals surface area contributed by atoms with Crippen molar-refractivity contribution in [3.05, 3.63) is 0 Å². The van der Waals surface area contributed by atoms with E-state index in [1.807, 2.05) is 0 Å². The molecule has 0 saturated heterocycles. The Bertz CT molecular complexity index is 82.0. The number of oxime groups is 2. The van der Waals surface area contributed by atoms with E-state index in [4.69, 9.17) is 0 Å². The molecule has 4 nitrogen and oxygen atoms in total. The molecule has 0 aromatic carbocycles. The minimum Gasteiger partial charge on any atom is -0.277 e. The maximum Gasteiger partial charge on any atom is 0.167 e. The van der Waals surface area contributed by atoms with Gasteiger partial charge in [0.05, 0.1) is 12.4 Å². The molecule has 0 aromatic heterocycles. The predicted octanol–water partition coefficient (Wildman–Crippen LogP) is 1.30. The summed E-state index contributed by atoms with van der Waals surface area (Å²) in [7, 11) is 0. The van der Waals surface area contributed by atoms with Gasteiger partial charge in [0.25, 0.3) is 0 Å². The summed E-state index contributed by atoms with van der Waals surface area (Å²) in [4.78, 5) is 0. The molecule has 0 unspecified atom stereocenters. The van der Waals surface area contributed by atoms with Crippen LogP contribution in [0.25, 0.3) is 0 Å². The second kappa shape index (κ2) is 6.52. The maximum atomic E-state index is 4.65. The Balaban J connectivity index is 3.13. The Morgan fingerprint density at radius 3 is 1.62 bits per heavy atom. The zero-order valence-corrected chi connectivity index (χ0v) is 5.13. The van der Waals surface area contributed by atoms with Gasteiger partial charge in [-0.25, -0.2) is 0 Å². The van der Waals surface area contributed by atoms with Gasteiger partial charge in [0.2, 0.25) is 0 Å². The van der Waals surface area contributed by atoms with Gasteiger partial charge in [0.15, 0.2) is 23.7 Å². The van der Waals surface area contributed by atoms with E-state index >= 15 is 0 Å². The molecule has 0 rings (SSSR count). The predicted molar refractivity (Wildman–Crippen MR) is 30.9 cm³/mol. The van der Waals surface area contributed by atoms with Crippen LogP contribution < -0.4 is 0 Å². The third kappa shape index (κ3) is 5.52. The van der Waals surface area contributed by atoms with Crippen molar-refractivity contribution in [1.29, 1.82) is 0 Å². The van der Waals surface area contributed by atoms with Crippen molar-refractivity contribution in [2.45, 2.75) is 0 Å². The van der Waals surface area contributed by atoms with Gasteiger partial charge in [-0.1, -0.05) is 10.3 Å². The van der Waals surface area contributed by atoms with Crippen LogP contribution in [-0.4, -0.2) is 12.4 Å². The summed E-state index contributed by atoms with van der Waals surface area (Å²) >= 11 is 9.29. The van der Waals surface area contributed by atoms with Crippen LogP contribution >= 0.6 is 23.7 Å². The molecule has 0 bridgehead atoms. The van der Waals surface area contributed by atoms with Gasteiger partial charge in [0.1, 0.15) is 0 Å². The molecule has 0 aliphatic heterocycles. The van der Waals surface area contributed by atoms with Crippen LogP contribution in [0.2, 0.25) is 0 Å². The average Bonchev–Trinajstić information content (AvgIpc) is 1.81. The molecule has 0 heterocycles. The van der Waals surface area contributed by atoms with Crippen LogP contribution in [0.15, 0.2) is 10.3 Å². The number of rotatable bonds is 3. The van der Waals surface area contributed by atoms with E-state index in [2.05, 4.69) is 42.8 Å². The van der Waals surface area contributed by atoms with E-state index < -0.39 is 0 Å². The molecule has 6 heteroatoms. The van der Waals surface area contributed by atoms with Crippen molar-refractivity contribution in [1.82, 2.24) is 0 Å². The van der Waals surface area contributed by atoms with Crippen LogP contribution in [0.1, 0.15) is 0 Å². The number of hydrogen-bond donors (Lipinski definition) is 0. The highest BCUT2D eigenvalue weighted by atomic mass is 35.5. The van der Waals surface area contributed by atoms with Gasteiger partial charge in [-0.3, -0.25) is 8.78 Å². The highest BCUT2D eigenvalue weighted by Gasteiger charge is 1.65.